The van der Waals surface area contributed by atoms with Gasteiger partial charge in [-0.05, 0) is 18.9 Å². The minimum atomic E-state index is -0.544. The van der Waals surface area contributed by atoms with Crippen LogP contribution in [-0.2, 0) is 4.74 Å². The summed E-state index contributed by atoms with van der Waals surface area (Å²) in [7, 11) is 0. The minimum Gasteiger partial charge on any atom is -0.371 e. The summed E-state index contributed by atoms with van der Waals surface area (Å²) in [5.74, 6) is -0.459. The van der Waals surface area contributed by atoms with Crippen molar-refractivity contribution in [2.45, 2.75) is 18.9 Å². The maximum Gasteiger partial charge on any atom is 0.270 e. The van der Waals surface area contributed by atoms with Crippen LogP contribution in [-0.4, -0.2) is 27.6 Å². The number of carbonyl (C=O) groups is 1. The molecule has 1 aliphatic rings. The van der Waals surface area contributed by atoms with E-state index < -0.39 is 10.8 Å². The topological polar surface area (TPSA) is 107 Å². The van der Waals surface area contributed by atoms with E-state index in [1.165, 1.54) is 35.6 Å². The number of rotatable bonds is 4. The van der Waals surface area contributed by atoms with Gasteiger partial charge in [0.05, 0.1) is 4.92 Å². The van der Waals surface area contributed by atoms with E-state index in [4.69, 9.17) is 4.74 Å². The number of nitro benzene ring substituents is 1. The van der Waals surface area contributed by atoms with E-state index in [0.717, 1.165) is 17.8 Å². The number of anilines is 1. The number of non-ortho nitro benzene ring substituents is 1. The third kappa shape index (κ3) is 3.10. The van der Waals surface area contributed by atoms with Crippen LogP contribution in [0.15, 0.2) is 24.3 Å². The standard InChI is InChI=1S/C13H12N4O4S/c18-11(8-3-1-4-9(7-8)17(19)20)14-13-16-15-12(22-13)10-5-2-6-21-10/h1,3-4,7,10H,2,5-6H2,(H,14,16,18). The lowest BCUT2D eigenvalue weighted by Crippen LogP contribution is -2.11. The van der Waals surface area contributed by atoms with Gasteiger partial charge in [0, 0.05) is 24.3 Å². The number of amides is 1. The van der Waals surface area contributed by atoms with E-state index in [2.05, 4.69) is 15.5 Å². The van der Waals surface area contributed by atoms with Crippen LogP contribution in [0.4, 0.5) is 10.8 Å². The second-order valence-electron chi connectivity index (χ2n) is 4.71. The molecular weight excluding hydrogens is 308 g/mol. The van der Waals surface area contributed by atoms with E-state index in [9.17, 15) is 14.9 Å². The zero-order valence-corrected chi connectivity index (χ0v) is 12.2. The van der Waals surface area contributed by atoms with E-state index in [0.29, 0.717) is 11.7 Å². The first-order valence-electron chi connectivity index (χ1n) is 6.64. The monoisotopic (exact) mass is 320 g/mol. The molecule has 22 heavy (non-hydrogen) atoms. The molecule has 1 saturated heterocycles. The summed E-state index contributed by atoms with van der Waals surface area (Å²) >= 11 is 1.25. The lowest BCUT2D eigenvalue weighted by molar-refractivity contribution is -0.384. The molecule has 1 aromatic heterocycles. The van der Waals surface area contributed by atoms with Crippen molar-refractivity contribution in [1.29, 1.82) is 0 Å². The SMILES string of the molecule is O=C(Nc1nnc(C2CCCO2)s1)c1cccc([N+](=O)[O-])c1. The molecule has 0 radical (unpaired) electrons. The van der Waals surface area contributed by atoms with Crippen molar-refractivity contribution in [3.63, 3.8) is 0 Å². The van der Waals surface area contributed by atoms with Crippen molar-refractivity contribution < 1.29 is 14.5 Å². The van der Waals surface area contributed by atoms with Gasteiger partial charge in [0.1, 0.15) is 11.1 Å². The van der Waals surface area contributed by atoms with Crippen LogP contribution in [0, 0.1) is 10.1 Å². The highest BCUT2D eigenvalue weighted by Gasteiger charge is 2.22. The lowest BCUT2D eigenvalue weighted by atomic mass is 10.2. The maximum atomic E-state index is 12.1. The molecule has 2 aromatic rings. The Bertz CT molecular complexity index is 712. The molecule has 114 valence electrons. The van der Waals surface area contributed by atoms with Crippen LogP contribution in [0.2, 0.25) is 0 Å². The summed E-state index contributed by atoms with van der Waals surface area (Å²) in [4.78, 5) is 22.3. The van der Waals surface area contributed by atoms with Gasteiger partial charge in [-0.25, -0.2) is 0 Å². The van der Waals surface area contributed by atoms with Crippen LogP contribution >= 0.6 is 11.3 Å². The van der Waals surface area contributed by atoms with E-state index in [1.807, 2.05) is 0 Å². The van der Waals surface area contributed by atoms with Gasteiger partial charge in [-0.2, -0.15) is 0 Å². The summed E-state index contributed by atoms with van der Waals surface area (Å²) in [5.41, 5.74) is 0.0630. The fourth-order valence-electron chi connectivity index (χ4n) is 2.12. The fraction of sp³-hybridized carbons (Fsp3) is 0.308. The quantitative estimate of drug-likeness (QED) is 0.685. The molecule has 1 fully saturated rings. The van der Waals surface area contributed by atoms with Gasteiger partial charge in [0.15, 0.2) is 0 Å². The highest BCUT2D eigenvalue weighted by molar-refractivity contribution is 7.15. The van der Waals surface area contributed by atoms with Crippen LogP contribution < -0.4 is 5.32 Å². The predicted octanol–water partition coefficient (Wildman–Crippen LogP) is 2.55. The van der Waals surface area contributed by atoms with Gasteiger partial charge >= 0.3 is 0 Å². The van der Waals surface area contributed by atoms with Crippen molar-refractivity contribution in [3.05, 3.63) is 45.0 Å². The lowest BCUT2D eigenvalue weighted by Gasteiger charge is -2.02. The van der Waals surface area contributed by atoms with Gasteiger partial charge in [0.2, 0.25) is 5.13 Å². The van der Waals surface area contributed by atoms with Gasteiger partial charge < -0.3 is 4.74 Å². The summed E-state index contributed by atoms with van der Waals surface area (Å²) in [5, 5.41) is 22.3. The predicted molar refractivity (Wildman–Crippen MR) is 78.9 cm³/mol. The highest BCUT2D eigenvalue weighted by atomic mass is 32.1. The van der Waals surface area contributed by atoms with E-state index >= 15 is 0 Å². The number of carbonyl (C=O) groups excluding carboxylic acids is 1. The highest BCUT2D eigenvalue weighted by Crippen LogP contribution is 2.32. The largest absolute Gasteiger partial charge is 0.371 e. The first-order valence-corrected chi connectivity index (χ1v) is 7.46. The van der Waals surface area contributed by atoms with Crippen molar-refractivity contribution in [3.8, 4) is 0 Å². The molecule has 3 rings (SSSR count). The molecule has 1 unspecified atom stereocenters. The van der Waals surface area contributed by atoms with Gasteiger partial charge in [-0.1, -0.05) is 17.4 Å². The zero-order valence-electron chi connectivity index (χ0n) is 11.4. The number of ether oxygens (including phenoxy) is 1. The Balaban J connectivity index is 1.71. The molecule has 1 aliphatic heterocycles. The van der Waals surface area contributed by atoms with Crippen molar-refractivity contribution in [2.75, 3.05) is 11.9 Å². The number of nitrogens with one attached hydrogen (secondary N) is 1. The summed E-state index contributed by atoms with van der Waals surface area (Å²) in [6.45, 7) is 0.708. The molecule has 0 bridgehead atoms. The van der Waals surface area contributed by atoms with Crippen LogP contribution in [0.3, 0.4) is 0 Å². The zero-order chi connectivity index (χ0) is 15.5. The van der Waals surface area contributed by atoms with Gasteiger partial charge in [0.25, 0.3) is 11.6 Å². The smallest absolute Gasteiger partial charge is 0.270 e. The van der Waals surface area contributed by atoms with Crippen molar-refractivity contribution in [2.24, 2.45) is 0 Å². The van der Waals surface area contributed by atoms with Crippen molar-refractivity contribution >= 4 is 28.1 Å². The molecule has 0 saturated carbocycles. The Morgan fingerprint density at radius 2 is 2.32 bits per heavy atom. The molecular formula is C13H12N4O4S. The summed E-state index contributed by atoms with van der Waals surface area (Å²) < 4.78 is 5.50. The maximum absolute atomic E-state index is 12.1. The first-order chi connectivity index (χ1) is 10.6. The van der Waals surface area contributed by atoms with Gasteiger partial charge in [-0.15, -0.1) is 10.2 Å². The first kappa shape index (κ1) is 14.5. The Labute approximate surface area is 129 Å². The second-order valence-corrected chi connectivity index (χ2v) is 5.72. The third-order valence-electron chi connectivity index (χ3n) is 3.19. The summed E-state index contributed by atoms with van der Waals surface area (Å²) in [6.07, 6.45) is 1.83. The average Bonchev–Trinajstić information content (AvgIpc) is 3.18. The number of benzene rings is 1. The normalized spacial score (nSPS) is 17.4. The van der Waals surface area contributed by atoms with E-state index in [-0.39, 0.29) is 17.4 Å². The van der Waals surface area contributed by atoms with Crippen LogP contribution in [0.5, 0.6) is 0 Å². The molecule has 1 amide bonds. The van der Waals surface area contributed by atoms with Crippen LogP contribution in [0.25, 0.3) is 0 Å². The number of hydrogen-bond acceptors (Lipinski definition) is 7. The van der Waals surface area contributed by atoms with E-state index in [1.54, 1.807) is 0 Å². The third-order valence-corrected chi connectivity index (χ3v) is 4.12. The Kier molecular flexibility index (Phi) is 4.07. The number of hydrogen-bond donors (Lipinski definition) is 1. The number of nitrogens with zero attached hydrogens (tertiary/aromatic N) is 3. The molecule has 0 spiro atoms. The number of aromatic nitrogens is 2. The molecule has 0 aliphatic carbocycles. The van der Waals surface area contributed by atoms with Gasteiger partial charge in [-0.3, -0.25) is 20.2 Å². The molecule has 9 heteroatoms. The molecule has 2 heterocycles. The van der Waals surface area contributed by atoms with Crippen molar-refractivity contribution in [1.82, 2.24) is 10.2 Å². The summed E-state index contributed by atoms with van der Waals surface area (Å²) in [6, 6.07) is 5.52. The Hall–Kier alpha value is -2.39. The van der Waals surface area contributed by atoms with Crippen LogP contribution in [0.1, 0.15) is 34.3 Å². The second kappa shape index (κ2) is 6.16. The number of nitro groups is 1. The molecule has 1 N–H and O–H groups in total. The molecule has 8 nitrogen and oxygen atoms in total. The fourth-order valence-corrected chi connectivity index (χ4v) is 2.94. The Morgan fingerprint density at radius 3 is 3.05 bits per heavy atom. The molecule has 1 atom stereocenters. The minimum absolute atomic E-state index is 0.0547. The molecule has 1 aromatic carbocycles. The Morgan fingerprint density at radius 1 is 1.45 bits per heavy atom. The average molecular weight is 320 g/mol.